The van der Waals surface area contributed by atoms with Crippen molar-refractivity contribution in [3.63, 3.8) is 0 Å². The van der Waals surface area contributed by atoms with E-state index < -0.39 is 0 Å². The first-order valence-corrected chi connectivity index (χ1v) is 5.11. The van der Waals surface area contributed by atoms with Crippen molar-refractivity contribution < 1.29 is 4.74 Å². The smallest absolute Gasteiger partial charge is 0.119 e. The highest BCUT2D eigenvalue weighted by Crippen LogP contribution is 2.44. The number of nitrogens with zero attached hydrogens (tertiary/aromatic N) is 1. The van der Waals surface area contributed by atoms with E-state index in [9.17, 15) is 0 Å². The molecule has 0 bridgehead atoms. The molecule has 78 valence electrons. The minimum absolute atomic E-state index is 0.230. The van der Waals surface area contributed by atoms with Crippen LogP contribution in [0.1, 0.15) is 18.4 Å². The van der Waals surface area contributed by atoms with Crippen LogP contribution in [0.4, 0.5) is 0 Å². The summed E-state index contributed by atoms with van der Waals surface area (Å²) in [6.45, 7) is 1.39. The summed E-state index contributed by atoms with van der Waals surface area (Å²) in [6.07, 6.45) is 2.33. The predicted molar refractivity (Wildman–Crippen MR) is 57.4 cm³/mol. The summed E-state index contributed by atoms with van der Waals surface area (Å²) in [6, 6.07) is 9.25. The van der Waals surface area contributed by atoms with Crippen molar-refractivity contribution >= 4 is 0 Å². The van der Waals surface area contributed by atoms with Gasteiger partial charge in [-0.05, 0) is 37.1 Å². The Balaban J connectivity index is 1.91. The second kappa shape index (κ2) is 3.92. The third kappa shape index (κ3) is 2.28. The standard InChI is InChI=1S/C12H14N2O/c13-7-10-1-3-11(4-2-10)15-9-12(8-14)5-6-12/h1-4H,5-6,8-9,14H2. The number of hydrogen-bond acceptors (Lipinski definition) is 3. The first kappa shape index (κ1) is 10.0. The van der Waals surface area contributed by atoms with E-state index in [4.69, 9.17) is 15.7 Å². The van der Waals surface area contributed by atoms with Crippen molar-refractivity contribution in [2.45, 2.75) is 12.8 Å². The molecule has 0 saturated heterocycles. The number of benzene rings is 1. The van der Waals surface area contributed by atoms with Crippen LogP contribution in [-0.2, 0) is 0 Å². The summed E-state index contributed by atoms with van der Waals surface area (Å²) in [7, 11) is 0. The Labute approximate surface area is 89.5 Å². The van der Waals surface area contributed by atoms with E-state index in [1.807, 2.05) is 12.1 Å². The lowest BCUT2D eigenvalue weighted by Crippen LogP contribution is -2.22. The molecule has 3 heteroatoms. The average Bonchev–Trinajstić information content (AvgIpc) is 3.08. The Morgan fingerprint density at radius 1 is 1.33 bits per heavy atom. The van der Waals surface area contributed by atoms with Crippen molar-refractivity contribution in [3.05, 3.63) is 29.8 Å². The number of ether oxygens (including phenoxy) is 1. The number of nitriles is 1. The Morgan fingerprint density at radius 3 is 2.47 bits per heavy atom. The van der Waals surface area contributed by atoms with E-state index in [0.29, 0.717) is 18.7 Å². The molecule has 0 aliphatic heterocycles. The largest absolute Gasteiger partial charge is 0.493 e. The number of rotatable bonds is 4. The van der Waals surface area contributed by atoms with Gasteiger partial charge in [-0.15, -0.1) is 0 Å². The molecule has 0 radical (unpaired) electrons. The average molecular weight is 202 g/mol. The highest BCUT2D eigenvalue weighted by Gasteiger charge is 2.42. The van der Waals surface area contributed by atoms with E-state index >= 15 is 0 Å². The summed E-state index contributed by atoms with van der Waals surface area (Å²) >= 11 is 0. The minimum atomic E-state index is 0.230. The fraction of sp³-hybridized carbons (Fsp3) is 0.417. The van der Waals surface area contributed by atoms with E-state index in [1.165, 1.54) is 12.8 Å². The number of hydrogen-bond donors (Lipinski definition) is 1. The van der Waals surface area contributed by atoms with Gasteiger partial charge in [-0.25, -0.2) is 0 Å². The molecular formula is C12H14N2O. The van der Waals surface area contributed by atoms with Gasteiger partial charge in [0, 0.05) is 12.0 Å². The molecule has 0 amide bonds. The SMILES string of the molecule is N#Cc1ccc(OCC2(CN)CC2)cc1. The predicted octanol–water partition coefficient (Wildman–Crippen LogP) is 1.68. The second-order valence-corrected chi connectivity index (χ2v) is 4.13. The maximum atomic E-state index is 8.63. The lowest BCUT2D eigenvalue weighted by atomic mass is 10.1. The van der Waals surface area contributed by atoms with Crippen molar-refractivity contribution in [2.75, 3.05) is 13.2 Å². The van der Waals surface area contributed by atoms with Crippen molar-refractivity contribution in [3.8, 4) is 11.8 Å². The van der Waals surface area contributed by atoms with Crippen LogP contribution >= 0.6 is 0 Å². The second-order valence-electron chi connectivity index (χ2n) is 4.13. The minimum Gasteiger partial charge on any atom is -0.493 e. The molecule has 1 saturated carbocycles. The van der Waals surface area contributed by atoms with Gasteiger partial charge in [0.1, 0.15) is 5.75 Å². The van der Waals surface area contributed by atoms with Crippen LogP contribution in [0.25, 0.3) is 0 Å². The summed E-state index contributed by atoms with van der Waals surface area (Å²) < 4.78 is 5.63. The molecule has 1 aromatic carbocycles. The maximum absolute atomic E-state index is 8.63. The summed E-state index contributed by atoms with van der Waals surface area (Å²) in [5.41, 5.74) is 6.54. The van der Waals surface area contributed by atoms with Crippen molar-refractivity contribution in [1.29, 1.82) is 5.26 Å². The third-order valence-electron chi connectivity index (χ3n) is 2.92. The monoisotopic (exact) mass is 202 g/mol. The Bertz CT molecular complexity index is 374. The first-order chi connectivity index (χ1) is 7.28. The molecule has 1 aromatic rings. The fourth-order valence-electron chi connectivity index (χ4n) is 1.45. The van der Waals surface area contributed by atoms with Gasteiger partial charge in [-0.2, -0.15) is 5.26 Å². The van der Waals surface area contributed by atoms with Crippen LogP contribution in [0.15, 0.2) is 24.3 Å². The molecular weight excluding hydrogens is 188 g/mol. The van der Waals surface area contributed by atoms with E-state index in [2.05, 4.69) is 6.07 Å². The molecule has 2 rings (SSSR count). The molecule has 1 fully saturated rings. The van der Waals surface area contributed by atoms with Gasteiger partial charge in [0.25, 0.3) is 0 Å². The molecule has 2 N–H and O–H groups in total. The maximum Gasteiger partial charge on any atom is 0.119 e. The van der Waals surface area contributed by atoms with Gasteiger partial charge in [-0.1, -0.05) is 0 Å². The molecule has 15 heavy (non-hydrogen) atoms. The lowest BCUT2D eigenvalue weighted by molar-refractivity contribution is 0.239. The van der Waals surface area contributed by atoms with Crippen LogP contribution in [0, 0.1) is 16.7 Å². The van der Waals surface area contributed by atoms with Crippen LogP contribution < -0.4 is 10.5 Å². The van der Waals surface area contributed by atoms with Crippen molar-refractivity contribution in [2.24, 2.45) is 11.1 Å². The Hall–Kier alpha value is -1.53. The highest BCUT2D eigenvalue weighted by molar-refractivity contribution is 5.34. The Kier molecular flexibility index (Phi) is 2.61. The van der Waals surface area contributed by atoms with E-state index in [1.54, 1.807) is 12.1 Å². The molecule has 0 aromatic heterocycles. The molecule has 0 unspecified atom stereocenters. The van der Waals surface area contributed by atoms with Crippen molar-refractivity contribution in [1.82, 2.24) is 0 Å². The van der Waals surface area contributed by atoms with Gasteiger partial charge in [0.15, 0.2) is 0 Å². The zero-order valence-electron chi connectivity index (χ0n) is 8.57. The molecule has 0 heterocycles. The summed E-state index contributed by atoms with van der Waals surface area (Å²) in [5.74, 6) is 0.814. The van der Waals surface area contributed by atoms with Crippen LogP contribution in [-0.4, -0.2) is 13.2 Å². The fourth-order valence-corrected chi connectivity index (χ4v) is 1.45. The lowest BCUT2D eigenvalue weighted by Gasteiger charge is -2.13. The van der Waals surface area contributed by atoms with Gasteiger partial charge in [0.2, 0.25) is 0 Å². The zero-order chi connectivity index (χ0) is 10.7. The third-order valence-corrected chi connectivity index (χ3v) is 2.92. The molecule has 3 nitrogen and oxygen atoms in total. The van der Waals surface area contributed by atoms with Gasteiger partial charge < -0.3 is 10.5 Å². The van der Waals surface area contributed by atoms with Gasteiger partial charge in [-0.3, -0.25) is 0 Å². The van der Waals surface area contributed by atoms with Crippen LogP contribution in [0.3, 0.4) is 0 Å². The molecule has 0 spiro atoms. The topological polar surface area (TPSA) is 59.0 Å². The molecule has 0 atom stereocenters. The molecule has 1 aliphatic rings. The number of nitrogens with two attached hydrogens (primary N) is 1. The van der Waals surface area contributed by atoms with Gasteiger partial charge >= 0.3 is 0 Å². The van der Waals surface area contributed by atoms with Crippen LogP contribution in [0.2, 0.25) is 0 Å². The quantitative estimate of drug-likeness (QED) is 0.808. The highest BCUT2D eigenvalue weighted by atomic mass is 16.5. The summed E-state index contributed by atoms with van der Waals surface area (Å²) in [5, 5.41) is 8.63. The summed E-state index contributed by atoms with van der Waals surface area (Å²) in [4.78, 5) is 0. The zero-order valence-corrected chi connectivity index (χ0v) is 8.57. The van der Waals surface area contributed by atoms with E-state index in [-0.39, 0.29) is 5.41 Å². The molecule has 1 aliphatic carbocycles. The first-order valence-electron chi connectivity index (χ1n) is 5.11. The van der Waals surface area contributed by atoms with Gasteiger partial charge in [0.05, 0.1) is 18.2 Å². The normalized spacial score (nSPS) is 16.8. The Morgan fingerprint density at radius 2 is 2.00 bits per heavy atom. The van der Waals surface area contributed by atoms with Crippen LogP contribution in [0.5, 0.6) is 5.75 Å². The van der Waals surface area contributed by atoms with E-state index in [0.717, 1.165) is 5.75 Å².